The average Bonchev–Trinajstić information content (AvgIpc) is 3.07. The maximum absolute atomic E-state index is 10.6. The van der Waals surface area contributed by atoms with Crippen LogP contribution in [-0.4, -0.2) is 33.5 Å². The zero-order chi connectivity index (χ0) is 15.2. The van der Waals surface area contributed by atoms with Crippen LogP contribution in [0.1, 0.15) is 32.4 Å². The van der Waals surface area contributed by atoms with Gasteiger partial charge in [0, 0.05) is 19.0 Å². The molecule has 1 N–H and O–H groups in total. The Kier molecular flexibility index (Phi) is 5.52. The molecule has 2 rings (SSSR count). The van der Waals surface area contributed by atoms with Crippen LogP contribution in [0.2, 0.25) is 0 Å². The number of hydrogen-bond acceptors (Lipinski definition) is 5. The number of aromatic nitrogens is 1. The SMILES string of the molecule is CC(C)N(CCCC(=O)O)Cc1coc(-c2cccs2)n1. The third-order valence-corrected chi connectivity index (χ3v) is 4.07. The Morgan fingerprint density at radius 1 is 1.52 bits per heavy atom. The van der Waals surface area contributed by atoms with E-state index in [4.69, 9.17) is 9.52 Å². The Hall–Kier alpha value is -1.66. The molecular weight excluding hydrogens is 288 g/mol. The molecule has 0 aliphatic heterocycles. The number of nitrogens with zero attached hydrogens (tertiary/aromatic N) is 2. The van der Waals surface area contributed by atoms with Gasteiger partial charge >= 0.3 is 5.97 Å². The van der Waals surface area contributed by atoms with Gasteiger partial charge in [-0.3, -0.25) is 9.69 Å². The second-order valence-corrected chi connectivity index (χ2v) is 6.13. The molecule has 0 saturated carbocycles. The van der Waals surface area contributed by atoms with Gasteiger partial charge in [-0.1, -0.05) is 6.07 Å². The smallest absolute Gasteiger partial charge is 0.303 e. The predicted molar refractivity (Wildman–Crippen MR) is 82.2 cm³/mol. The largest absolute Gasteiger partial charge is 0.481 e. The highest BCUT2D eigenvalue weighted by atomic mass is 32.1. The maximum Gasteiger partial charge on any atom is 0.303 e. The maximum atomic E-state index is 10.6. The molecule has 6 heteroatoms. The van der Waals surface area contributed by atoms with Crippen LogP contribution in [-0.2, 0) is 11.3 Å². The number of carboxylic acids is 1. The van der Waals surface area contributed by atoms with E-state index in [0.29, 0.717) is 24.9 Å². The third-order valence-electron chi connectivity index (χ3n) is 3.22. The fourth-order valence-corrected chi connectivity index (χ4v) is 2.71. The van der Waals surface area contributed by atoms with Gasteiger partial charge in [0.1, 0.15) is 6.26 Å². The summed E-state index contributed by atoms with van der Waals surface area (Å²) in [6.45, 7) is 5.61. The summed E-state index contributed by atoms with van der Waals surface area (Å²) < 4.78 is 5.51. The Morgan fingerprint density at radius 2 is 2.33 bits per heavy atom. The molecule has 0 fully saturated rings. The number of aliphatic carboxylic acids is 1. The van der Waals surface area contributed by atoms with Crippen LogP contribution in [0.4, 0.5) is 0 Å². The first-order chi connectivity index (χ1) is 10.1. The third kappa shape index (κ3) is 4.68. The van der Waals surface area contributed by atoms with Gasteiger partial charge in [0.2, 0.25) is 5.89 Å². The van der Waals surface area contributed by atoms with Crippen molar-refractivity contribution in [2.75, 3.05) is 6.54 Å². The molecule has 0 radical (unpaired) electrons. The number of thiophene rings is 1. The Bertz CT molecular complexity index is 563. The Labute approximate surface area is 128 Å². The lowest BCUT2D eigenvalue weighted by Gasteiger charge is -2.25. The van der Waals surface area contributed by atoms with Crippen molar-refractivity contribution in [2.24, 2.45) is 0 Å². The van der Waals surface area contributed by atoms with Gasteiger partial charge in [-0.2, -0.15) is 0 Å². The summed E-state index contributed by atoms with van der Waals surface area (Å²) in [6, 6.07) is 4.28. The standard InChI is InChI=1S/C15H20N2O3S/c1-11(2)17(7-3-6-14(18)19)9-12-10-20-15(16-12)13-5-4-8-21-13/h4-5,8,10-11H,3,6-7,9H2,1-2H3,(H,18,19). The lowest BCUT2D eigenvalue weighted by atomic mass is 10.2. The van der Waals surface area contributed by atoms with Gasteiger partial charge in [-0.05, 0) is 38.3 Å². The number of oxazole rings is 1. The Morgan fingerprint density at radius 3 is 2.95 bits per heavy atom. The van der Waals surface area contributed by atoms with E-state index in [1.165, 1.54) is 0 Å². The molecule has 0 spiro atoms. The molecule has 0 aliphatic carbocycles. The van der Waals surface area contributed by atoms with E-state index >= 15 is 0 Å². The number of carboxylic acid groups (broad SMARTS) is 1. The summed E-state index contributed by atoms with van der Waals surface area (Å²) in [5.41, 5.74) is 0.877. The lowest BCUT2D eigenvalue weighted by Crippen LogP contribution is -2.31. The van der Waals surface area contributed by atoms with Crippen molar-refractivity contribution in [2.45, 2.75) is 39.3 Å². The highest BCUT2D eigenvalue weighted by Crippen LogP contribution is 2.24. The molecular formula is C15H20N2O3S. The molecule has 0 unspecified atom stereocenters. The molecule has 0 atom stereocenters. The summed E-state index contributed by atoms with van der Waals surface area (Å²) in [5.74, 6) is -0.102. The highest BCUT2D eigenvalue weighted by Gasteiger charge is 2.14. The summed E-state index contributed by atoms with van der Waals surface area (Å²) in [6.07, 6.45) is 2.52. The van der Waals surface area contributed by atoms with E-state index < -0.39 is 5.97 Å². The highest BCUT2D eigenvalue weighted by molar-refractivity contribution is 7.13. The van der Waals surface area contributed by atoms with E-state index in [0.717, 1.165) is 17.1 Å². The van der Waals surface area contributed by atoms with Crippen LogP contribution < -0.4 is 0 Å². The van der Waals surface area contributed by atoms with Crippen LogP contribution in [0, 0.1) is 0 Å². The first kappa shape index (κ1) is 15.7. The number of rotatable bonds is 8. The van der Waals surface area contributed by atoms with Crippen molar-refractivity contribution in [1.29, 1.82) is 0 Å². The second kappa shape index (κ2) is 7.38. The molecule has 114 valence electrons. The fourth-order valence-electron chi connectivity index (χ4n) is 2.05. The zero-order valence-electron chi connectivity index (χ0n) is 12.3. The topological polar surface area (TPSA) is 66.6 Å². The minimum Gasteiger partial charge on any atom is -0.481 e. The molecule has 0 saturated heterocycles. The summed E-state index contributed by atoms with van der Waals surface area (Å²) in [4.78, 5) is 18.3. The van der Waals surface area contributed by atoms with Crippen molar-refractivity contribution in [3.05, 3.63) is 29.5 Å². The van der Waals surface area contributed by atoms with Crippen molar-refractivity contribution < 1.29 is 14.3 Å². The average molecular weight is 308 g/mol. The monoisotopic (exact) mass is 308 g/mol. The van der Waals surface area contributed by atoms with E-state index in [2.05, 4.69) is 23.7 Å². The first-order valence-electron chi connectivity index (χ1n) is 7.00. The summed E-state index contributed by atoms with van der Waals surface area (Å²) in [5, 5.41) is 10.7. The van der Waals surface area contributed by atoms with E-state index in [9.17, 15) is 4.79 Å². The van der Waals surface area contributed by atoms with Gasteiger partial charge in [0.15, 0.2) is 0 Å². The van der Waals surface area contributed by atoms with E-state index in [1.807, 2.05) is 17.5 Å². The molecule has 5 nitrogen and oxygen atoms in total. The van der Waals surface area contributed by atoms with Gasteiger partial charge < -0.3 is 9.52 Å². The van der Waals surface area contributed by atoms with Gasteiger partial charge in [0.05, 0.1) is 10.6 Å². The van der Waals surface area contributed by atoms with Crippen molar-refractivity contribution in [3.63, 3.8) is 0 Å². The van der Waals surface area contributed by atoms with Crippen LogP contribution >= 0.6 is 11.3 Å². The van der Waals surface area contributed by atoms with Crippen LogP contribution in [0.25, 0.3) is 10.8 Å². The molecule has 2 aromatic rings. The van der Waals surface area contributed by atoms with E-state index in [-0.39, 0.29) is 6.42 Å². The summed E-state index contributed by atoms with van der Waals surface area (Å²) in [7, 11) is 0. The molecule has 0 aliphatic rings. The van der Waals surface area contributed by atoms with Crippen LogP contribution in [0.5, 0.6) is 0 Å². The van der Waals surface area contributed by atoms with Crippen LogP contribution in [0.15, 0.2) is 28.2 Å². The predicted octanol–water partition coefficient (Wildman–Crippen LogP) is 3.48. The first-order valence-corrected chi connectivity index (χ1v) is 7.88. The fraction of sp³-hybridized carbons (Fsp3) is 0.467. The second-order valence-electron chi connectivity index (χ2n) is 5.18. The quantitative estimate of drug-likeness (QED) is 0.808. The zero-order valence-corrected chi connectivity index (χ0v) is 13.1. The normalized spacial score (nSPS) is 11.4. The molecule has 0 amide bonds. The Balaban J connectivity index is 1.95. The molecule has 21 heavy (non-hydrogen) atoms. The summed E-state index contributed by atoms with van der Waals surface area (Å²) >= 11 is 1.60. The van der Waals surface area contributed by atoms with Gasteiger partial charge in [-0.25, -0.2) is 4.98 Å². The van der Waals surface area contributed by atoms with Crippen LogP contribution in [0.3, 0.4) is 0 Å². The van der Waals surface area contributed by atoms with Gasteiger partial charge in [0.25, 0.3) is 0 Å². The minimum absolute atomic E-state index is 0.197. The molecule has 0 aromatic carbocycles. The van der Waals surface area contributed by atoms with Crippen molar-refractivity contribution >= 4 is 17.3 Å². The van der Waals surface area contributed by atoms with Gasteiger partial charge in [-0.15, -0.1) is 11.3 Å². The lowest BCUT2D eigenvalue weighted by molar-refractivity contribution is -0.137. The molecule has 2 heterocycles. The van der Waals surface area contributed by atoms with Crippen molar-refractivity contribution in [1.82, 2.24) is 9.88 Å². The van der Waals surface area contributed by atoms with E-state index in [1.54, 1.807) is 17.6 Å². The minimum atomic E-state index is -0.750. The van der Waals surface area contributed by atoms with Crippen molar-refractivity contribution in [3.8, 4) is 10.8 Å². The number of hydrogen-bond donors (Lipinski definition) is 1. The number of carbonyl (C=O) groups is 1. The molecule has 0 bridgehead atoms. The molecule has 2 aromatic heterocycles.